The molecule has 0 fully saturated rings. The van der Waals surface area contributed by atoms with Crippen LogP contribution in [0.1, 0.15) is 18.9 Å². The lowest BCUT2D eigenvalue weighted by Crippen LogP contribution is -2.13. The fourth-order valence-corrected chi connectivity index (χ4v) is 2.14. The van der Waals surface area contributed by atoms with E-state index in [1.807, 2.05) is 0 Å². The third-order valence-corrected chi connectivity index (χ3v) is 3.25. The minimum absolute atomic E-state index is 0.241. The van der Waals surface area contributed by atoms with Crippen molar-refractivity contribution in [2.75, 3.05) is 13.7 Å². The molecule has 0 saturated carbocycles. The Labute approximate surface area is 123 Å². The predicted octanol–water partition coefficient (Wildman–Crippen LogP) is 4.14. The molecule has 1 N–H and O–H groups in total. The fraction of sp³-hybridized carbons (Fsp3) is 0.294. The zero-order chi connectivity index (χ0) is 15.2. The second-order valence-corrected chi connectivity index (χ2v) is 4.84. The van der Waals surface area contributed by atoms with Crippen molar-refractivity contribution >= 4 is 0 Å². The Morgan fingerprint density at radius 3 is 2.48 bits per heavy atom. The molecule has 2 aromatic carbocycles. The molecule has 0 aliphatic carbocycles. The Balaban J connectivity index is 2.32. The van der Waals surface area contributed by atoms with Gasteiger partial charge in [-0.2, -0.15) is 0 Å². The monoisotopic (exact) mass is 291 g/mol. The summed E-state index contributed by atoms with van der Waals surface area (Å²) in [7, 11) is 1.47. The number of halogens is 2. The number of methoxy groups -OCH3 is 1. The van der Waals surface area contributed by atoms with Crippen LogP contribution >= 0.6 is 0 Å². The Kier molecular flexibility index (Phi) is 5.28. The van der Waals surface area contributed by atoms with E-state index >= 15 is 0 Å². The highest BCUT2D eigenvalue weighted by Gasteiger charge is 2.12. The topological polar surface area (TPSA) is 21.3 Å². The molecular formula is C17H19F2NO. The van der Waals surface area contributed by atoms with Gasteiger partial charge in [0.05, 0.1) is 7.11 Å². The van der Waals surface area contributed by atoms with Crippen molar-refractivity contribution in [3.05, 3.63) is 53.6 Å². The molecule has 0 spiro atoms. The van der Waals surface area contributed by atoms with Gasteiger partial charge < -0.3 is 10.1 Å². The van der Waals surface area contributed by atoms with Crippen molar-refractivity contribution in [3.63, 3.8) is 0 Å². The lowest BCUT2D eigenvalue weighted by atomic mass is 10.0. The van der Waals surface area contributed by atoms with Crippen LogP contribution in [0.2, 0.25) is 0 Å². The van der Waals surface area contributed by atoms with E-state index in [-0.39, 0.29) is 11.1 Å². The molecule has 0 aromatic heterocycles. The van der Waals surface area contributed by atoms with Crippen LogP contribution in [-0.2, 0) is 6.54 Å². The van der Waals surface area contributed by atoms with E-state index in [0.717, 1.165) is 18.5 Å². The minimum Gasteiger partial charge on any atom is -0.497 e. The maximum atomic E-state index is 14.1. The lowest BCUT2D eigenvalue weighted by Gasteiger charge is -2.10. The van der Waals surface area contributed by atoms with Crippen molar-refractivity contribution in [1.82, 2.24) is 5.32 Å². The number of benzene rings is 2. The molecule has 0 amide bonds. The molecule has 0 saturated heterocycles. The van der Waals surface area contributed by atoms with Gasteiger partial charge in [0.15, 0.2) is 0 Å². The van der Waals surface area contributed by atoms with Gasteiger partial charge in [0.2, 0.25) is 0 Å². The third-order valence-electron chi connectivity index (χ3n) is 3.25. The standard InChI is InChI=1S/C17H19F2NO/c1-3-8-20-11-12-4-7-16(18)15(9-12)14-6-5-13(21-2)10-17(14)19/h4-7,9-10,20H,3,8,11H2,1-2H3. The van der Waals surface area contributed by atoms with Gasteiger partial charge in [-0.3, -0.25) is 0 Å². The molecule has 0 radical (unpaired) electrons. The van der Waals surface area contributed by atoms with Gasteiger partial charge in [-0.25, -0.2) is 8.78 Å². The first-order valence-electron chi connectivity index (χ1n) is 6.98. The quantitative estimate of drug-likeness (QED) is 0.808. The van der Waals surface area contributed by atoms with E-state index in [1.54, 1.807) is 18.2 Å². The maximum absolute atomic E-state index is 14.1. The molecule has 112 valence electrons. The molecule has 2 rings (SSSR count). The Bertz CT molecular complexity index is 614. The van der Waals surface area contributed by atoms with Crippen molar-refractivity contribution in [2.24, 2.45) is 0 Å². The van der Waals surface area contributed by atoms with Gasteiger partial charge in [0, 0.05) is 23.7 Å². The number of ether oxygens (including phenoxy) is 1. The molecule has 0 bridgehead atoms. The van der Waals surface area contributed by atoms with Crippen LogP contribution in [0.25, 0.3) is 11.1 Å². The molecule has 4 heteroatoms. The summed E-state index contributed by atoms with van der Waals surface area (Å²) < 4.78 is 33.0. The Morgan fingerprint density at radius 1 is 1.00 bits per heavy atom. The molecule has 2 aromatic rings. The number of hydrogen-bond acceptors (Lipinski definition) is 2. The largest absolute Gasteiger partial charge is 0.497 e. The van der Waals surface area contributed by atoms with Crippen LogP contribution in [0.15, 0.2) is 36.4 Å². The van der Waals surface area contributed by atoms with Crippen molar-refractivity contribution < 1.29 is 13.5 Å². The van der Waals surface area contributed by atoms with Gasteiger partial charge in [-0.1, -0.05) is 13.0 Å². The average molecular weight is 291 g/mol. The van der Waals surface area contributed by atoms with Gasteiger partial charge in [-0.05, 0) is 42.8 Å². The summed E-state index contributed by atoms with van der Waals surface area (Å²) in [5, 5.41) is 3.25. The highest BCUT2D eigenvalue weighted by Crippen LogP contribution is 2.29. The fourth-order valence-electron chi connectivity index (χ4n) is 2.14. The summed E-state index contributed by atoms with van der Waals surface area (Å²) in [6.07, 6.45) is 1.03. The van der Waals surface area contributed by atoms with Crippen LogP contribution in [-0.4, -0.2) is 13.7 Å². The van der Waals surface area contributed by atoms with Gasteiger partial charge >= 0.3 is 0 Å². The second kappa shape index (κ2) is 7.18. The van der Waals surface area contributed by atoms with Crippen LogP contribution < -0.4 is 10.1 Å². The van der Waals surface area contributed by atoms with Crippen molar-refractivity contribution in [2.45, 2.75) is 19.9 Å². The molecule has 0 unspecified atom stereocenters. The summed E-state index contributed by atoms with van der Waals surface area (Å²) in [4.78, 5) is 0. The van der Waals surface area contributed by atoms with Crippen LogP contribution in [0.5, 0.6) is 5.75 Å². The van der Waals surface area contributed by atoms with Gasteiger partial charge in [-0.15, -0.1) is 0 Å². The lowest BCUT2D eigenvalue weighted by molar-refractivity contribution is 0.411. The van der Waals surface area contributed by atoms with Crippen LogP contribution in [0.3, 0.4) is 0 Å². The maximum Gasteiger partial charge on any atom is 0.134 e. The number of hydrogen-bond donors (Lipinski definition) is 1. The first-order valence-corrected chi connectivity index (χ1v) is 6.98. The Morgan fingerprint density at radius 2 is 1.81 bits per heavy atom. The van der Waals surface area contributed by atoms with E-state index in [0.29, 0.717) is 12.3 Å². The molecular weight excluding hydrogens is 272 g/mol. The predicted molar refractivity (Wildman–Crippen MR) is 80.3 cm³/mol. The minimum atomic E-state index is -0.494. The molecule has 21 heavy (non-hydrogen) atoms. The summed E-state index contributed by atoms with van der Waals surface area (Å²) in [5.74, 6) is -0.511. The molecule has 0 aliphatic heterocycles. The zero-order valence-corrected chi connectivity index (χ0v) is 12.2. The van der Waals surface area contributed by atoms with E-state index in [9.17, 15) is 8.78 Å². The van der Waals surface area contributed by atoms with E-state index < -0.39 is 11.6 Å². The number of nitrogens with one attached hydrogen (secondary N) is 1. The van der Waals surface area contributed by atoms with Crippen molar-refractivity contribution in [1.29, 1.82) is 0 Å². The summed E-state index contributed by atoms with van der Waals surface area (Å²) in [6.45, 7) is 3.61. The summed E-state index contributed by atoms with van der Waals surface area (Å²) in [5.41, 5.74) is 1.44. The van der Waals surface area contributed by atoms with E-state index in [1.165, 1.54) is 25.3 Å². The SMILES string of the molecule is CCCNCc1ccc(F)c(-c2ccc(OC)cc2F)c1. The number of rotatable bonds is 6. The zero-order valence-electron chi connectivity index (χ0n) is 12.2. The summed E-state index contributed by atoms with van der Waals surface area (Å²) >= 11 is 0. The van der Waals surface area contributed by atoms with Gasteiger partial charge in [0.25, 0.3) is 0 Å². The van der Waals surface area contributed by atoms with E-state index in [4.69, 9.17) is 4.74 Å². The van der Waals surface area contributed by atoms with Crippen molar-refractivity contribution in [3.8, 4) is 16.9 Å². The molecule has 2 nitrogen and oxygen atoms in total. The highest BCUT2D eigenvalue weighted by atomic mass is 19.1. The second-order valence-electron chi connectivity index (χ2n) is 4.84. The highest BCUT2D eigenvalue weighted by molar-refractivity contribution is 5.66. The first-order chi connectivity index (χ1) is 10.2. The normalized spacial score (nSPS) is 10.7. The van der Waals surface area contributed by atoms with E-state index in [2.05, 4.69) is 12.2 Å². The Hall–Kier alpha value is -1.94. The molecule has 0 aliphatic rings. The molecule has 0 heterocycles. The smallest absolute Gasteiger partial charge is 0.134 e. The average Bonchev–Trinajstić information content (AvgIpc) is 2.49. The van der Waals surface area contributed by atoms with Crippen LogP contribution in [0, 0.1) is 11.6 Å². The van der Waals surface area contributed by atoms with Gasteiger partial charge in [0.1, 0.15) is 17.4 Å². The molecule has 0 atom stereocenters. The van der Waals surface area contributed by atoms with Crippen LogP contribution in [0.4, 0.5) is 8.78 Å². The summed E-state index contributed by atoms with van der Waals surface area (Å²) in [6, 6.07) is 9.19. The third kappa shape index (κ3) is 3.79. The first kappa shape index (κ1) is 15.4.